The summed E-state index contributed by atoms with van der Waals surface area (Å²) in [4.78, 5) is 35.5. The highest BCUT2D eigenvalue weighted by molar-refractivity contribution is 5.92. The Hall–Kier alpha value is -3.64. The number of nitrogens with two attached hydrogens (primary N) is 1. The molecule has 3 fully saturated rings. The lowest BCUT2D eigenvalue weighted by Crippen LogP contribution is -2.50. The Morgan fingerprint density at radius 1 is 1.00 bits per heavy atom. The Balaban J connectivity index is 1.11. The molecule has 12 nitrogen and oxygen atoms in total. The third kappa shape index (κ3) is 6.62. The number of urea groups is 1. The average Bonchev–Trinajstić information content (AvgIpc) is 3.50. The van der Waals surface area contributed by atoms with Gasteiger partial charge >= 0.3 is 6.03 Å². The molecule has 5 rings (SSSR count). The van der Waals surface area contributed by atoms with Crippen molar-refractivity contribution in [3.8, 4) is 0 Å². The first-order chi connectivity index (χ1) is 18.7. The molecule has 204 valence electrons. The molecule has 0 radical (unpaired) electrons. The number of aromatic nitrogens is 2. The molecule has 4 heterocycles. The first-order valence-electron chi connectivity index (χ1n) is 13.4. The molecule has 0 bridgehead atoms. The summed E-state index contributed by atoms with van der Waals surface area (Å²) < 4.78 is 5.36. The van der Waals surface area contributed by atoms with Crippen LogP contribution in [0.2, 0.25) is 0 Å². The fourth-order valence-electron chi connectivity index (χ4n) is 4.97. The summed E-state index contributed by atoms with van der Waals surface area (Å²) in [6.07, 6.45) is 5.51. The second-order valence-corrected chi connectivity index (χ2v) is 9.66. The third-order valence-electron chi connectivity index (χ3n) is 7.21. The number of nitrogens with one attached hydrogen (secondary N) is 1. The van der Waals surface area contributed by atoms with Crippen molar-refractivity contribution in [1.82, 2.24) is 19.8 Å². The molecule has 3 N–H and O–H groups in total. The zero-order valence-electron chi connectivity index (χ0n) is 21.8. The van der Waals surface area contributed by atoms with Gasteiger partial charge in [0.1, 0.15) is 24.6 Å². The molecule has 2 amide bonds. The normalized spacial score (nSPS) is 18.8. The maximum Gasteiger partial charge on any atom is 0.321 e. The Labute approximate surface area is 223 Å². The fraction of sp³-hybridized carbons (Fsp3) is 0.538. The smallest absolute Gasteiger partial charge is 0.321 e. The Kier molecular flexibility index (Phi) is 8.71. The number of morpholine rings is 1. The number of rotatable bonds is 8. The first-order valence-corrected chi connectivity index (χ1v) is 13.4. The number of hydrogen-bond acceptors (Lipinski definition) is 10. The summed E-state index contributed by atoms with van der Waals surface area (Å²) in [5.41, 5.74) is 8.78. The van der Waals surface area contributed by atoms with Crippen LogP contribution < -0.4 is 20.9 Å². The third-order valence-corrected chi connectivity index (χ3v) is 7.21. The van der Waals surface area contributed by atoms with Gasteiger partial charge in [-0.3, -0.25) is 4.90 Å². The predicted molar refractivity (Wildman–Crippen MR) is 148 cm³/mol. The van der Waals surface area contributed by atoms with Gasteiger partial charge in [0.25, 0.3) is 0 Å². The largest absolute Gasteiger partial charge is 0.394 e. The van der Waals surface area contributed by atoms with Gasteiger partial charge in [0, 0.05) is 70.3 Å². The molecule has 0 saturated carbocycles. The minimum absolute atomic E-state index is 0.101. The Bertz CT molecular complexity index is 1080. The van der Waals surface area contributed by atoms with Crippen molar-refractivity contribution in [2.24, 2.45) is 5.16 Å². The summed E-state index contributed by atoms with van der Waals surface area (Å²) >= 11 is 0. The van der Waals surface area contributed by atoms with E-state index in [1.54, 1.807) is 6.21 Å². The van der Waals surface area contributed by atoms with Crippen molar-refractivity contribution in [1.29, 1.82) is 0 Å². The van der Waals surface area contributed by atoms with Gasteiger partial charge in [0.15, 0.2) is 0 Å². The molecular weight excluding hydrogens is 486 g/mol. The highest BCUT2D eigenvalue weighted by Gasteiger charge is 2.24. The number of hydrogen-bond donors (Lipinski definition) is 2. The van der Waals surface area contributed by atoms with Crippen molar-refractivity contribution < 1.29 is 14.4 Å². The standard InChI is InChI=1S/C26H37N9O3/c27-24-23(19-30-38-18-15-32-13-16-37-17-14-32)25(29-20-28-24)34-9-11-35(12-10-34)26(36)31-21-3-5-22(6-4-21)33-7-1-2-8-33/h3-6,19-20H,1-2,7-18H2,(H,31,36)(H2,27,28,29)/b30-19+. The van der Waals surface area contributed by atoms with Gasteiger partial charge in [0.05, 0.1) is 25.0 Å². The van der Waals surface area contributed by atoms with Gasteiger partial charge in [-0.2, -0.15) is 0 Å². The van der Waals surface area contributed by atoms with Crippen LogP contribution in [0.5, 0.6) is 0 Å². The van der Waals surface area contributed by atoms with E-state index in [1.165, 1.54) is 24.9 Å². The number of oxime groups is 1. The van der Waals surface area contributed by atoms with Gasteiger partial charge < -0.3 is 35.3 Å². The monoisotopic (exact) mass is 523 g/mol. The summed E-state index contributed by atoms with van der Waals surface area (Å²) in [5, 5.41) is 7.14. The van der Waals surface area contributed by atoms with Crippen molar-refractivity contribution in [2.45, 2.75) is 12.8 Å². The highest BCUT2D eigenvalue weighted by atomic mass is 16.6. The predicted octanol–water partition coefficient (Wildman–Crippen LogP) is 1.70. The SMILES string of the molecule is Nc1ncnc(N2CCN(C(=O)Nc3ccc(N4CCCC4)cc3)CC2)c1/C=N/OCCN1CCOCC1. The van der Waals surface area contributed by atoms with Crippen LogP contribution in [0.25, 0.3) is 0 Å². The van der Waals surface area contributed by atoms with E-state index in [1.807, 2.05) is 17.0 Å². The Morgan fingerprint density at radius 3 is 2.47 bits per heavy atom. The van der Waals surface area contributed by atoms with Gasteiger partial charge in [-0.25, -0.2) is 14.8 Å². The summed E-state index contributed by atoms with van der Waals surface area (Å²) in [7, 11) is 0. The molecule has 2 aromatic rings. The van der Waals surface area contributed by atoms with Crippen LogP contribution in [-0.2, 0) is 9.57 Å². The molecule has 1 aromatic heterocycles. The van der Waals surface area contributed by atoms with Crippen LogP contribution in [0.4, 0.5) is 27.8 Å². The number of nitrogen functional groups attached to an aromatic ring is 1. The number of anilines is 4. The van der Waals surface area contributed by atoms with Crippen LogP contribution in [0.1, 0.15) is 18.4 Å². The number of carbonyl (C=O) groups is 1. The number of ether oxygens (including phenoxy) is 1. The lowest BCUT2D eigenvalue weighted by molar-refractivity contribution is 0.0214. The van der Waals surface area contributed by atoms with E-state index in [2.05, 4.69) is 47.3 Å². The van der Waals surface area contributed by atoms with Crippen molar-refractivity contribution in [3.63, 3.8) is 0 Å². The molecule has 0 unspecified atom stereocenters. The maximum atomic E-state index is 12.9. The van der Waals surface area contributed by atoms with Crippen LogP contribution >= 0.6 is 0 Å². The number of carbonyl (C=O) groups excluding carboxylic acids is 1. The minimum atomic E-state index is -0.101. The number of benzene rings is 1. The molecule has 0 atom stereocenters. The lowest BCUT2D eigenvalue weighted by atomic mass is 10.2. The van der Waals surface area contributed by atoms with Gasteiger partial charge in [-0.15, -0.1) is 0 Å². The molecule has 38 heavy (non-hydrogen) atoms. The van der Waals surface area contributed by atoms with E-state index in [9.17, 15) is 4.79 Å². The molecule has 0 aliphatic carbocycles. The van der Waals surface area contributed by atoms with E-state index in [-0.39, 0.29) is 6.03 Å². The average molecular weight is 524 g/mol. The quantitative estimate of drug-likeness (QED) is 0.302. The second-order valence-electron chi connectivity index (χ2n) is 9.66. The highest BCUT2D eigenvalue weighted by Crippen LogP contribution is 2.23. The van der Waals surface area contributed by atoms with Crippen LogP contribution in [-0.4, -0.2) is 111 Å². The molecule has 1 aromatic carbocycles. The zero-order valence-corrected chi connectivity index (χ0v) is 21.8. The number of nitrogens with zero attached hydrogens (tertiary/aromatic N) is 7. The zero-order chi connectivity index (χ0) is 26.2. The molecule has 12 heteroatoms. The summed E-state index contributed by atoms with van der Waals surface area (Å²) in [6, 6.07) is 8.00. The van der Waals surface area contributed by atoms with E-state index in [0.717, 1.165) is 51.6 Å². The molecular formula is C26H37N9O3. The van der Waals surface area contributed by atoms with E-state index >= 15 is 0 Å². The first kappa shape index (κ1) is 26.0. The van der Waals surface area contributed by atoms with Crippen LogP contribution in [0, 0.1) is 0 Å². The molecule has 3 saturated heterocycles. The fourth-order valence-corrected chi connectivity index (χ4v) is 4.97. The maximum absolute atomic E-state index is 12.9. The van der Waals surface area contributed by atoms with Crippen molar-refractivity contribution >= 4 is 35.3 Å². The van der Waals surface area contributed by atoms with Gasteiger partial charge in [0.2, 0.25) is 0 Å². The lowest BCUT2D eigenvalue weighted by Gasteiger charge is -2.35. The second kappa shape index (κ2) is 12.7. The van der Waals surface area contributed by atoms with Crippen molar-refractivity contribution in [2.75, 3.05) is 99.6 Å². The van der Waals surface area contributed by atoms with Crippen LogP contribution in [0.15, 0.2) is 35.7 Å². The van der Waals surface area contributed by atoms with Gasteiger partial charge in [-0.05, 0) is 37.1 Å². The molecule has 3 aliphatic heterocycles. The minimum Gasteiger partial charge on any atom is -0.394 e. The van der Waals surface area contributed by atoms with E-state index in [4.69, 9.17) is 15.3 Å². The summed E-state index contributed by atoms with van der Waals surface area (Å²) in [6.45, 7) is 9.17. The molecule has 0 spiro atoms. The number of piperazine rings is 1. The molecule has 3 aliphatic rings. The number of amides is 2. The van der Waals surface area contributed by atoms with E-state index in [0.29, 0.717) is 50.0 Å². The van der Waals surface area contributed by atoms with Crippen molar-refractivity contribution in [3.05, 3.63) is 36.2 Å². The van der Waals surface area contributed by atoms with Crippen LogP contribution in [0.3, 0.4) is 0 Å². The summed E-state index contributed by atoms with van der Waals surface area (Å²) in [5.74, 6) is 1.03. The van der Waals surface area contributed by atoms with E-state index < -0.39 is 0 Å². The Morgan fingerprint density at radius 2 is 1.74 bits per heavy atom. The topological polar surface area (TPSA) is 125 Å². The van der Waals surface area contributed by atoms with Gasteiger partial charge in [-0.1, -0.05) is 5.16 Å².